The molecule has 0 bridgehead atoms. The zero-order valence-corrected chi connectivity index (χ0v) is 30.1. The lowest BCUT2D eigenvalue weighted by atomic mass is 10.0. The molecule has 4 N–H and O–H groups in total. The summed E-state index contributed by atoms with van der Waals surface area (Å²) in [6.45, 7) is 5.66. The first-order chi connectivity index (χ1) is 26.8. The van der Waals surface area contributed by atoms with Crippen LogP contribution >= 0.6 is 0 Å². The molecule has 0 saturated heterocycles. The van der Waals surface area contributed by atoms with Gasteiger partial charge in [-0.05, 0) is 128 Å². The van der Waals surface area contributed by atoms with Crippen LogP contribution in [0, 0.1) is 26.6 Å². The average Bonchev–Trinajstić information content (AvgIpc) is 3.88. The van der Waals surface area contributed by atoms with Gasteiger partial charge < -0.3 is 20.1 Å². The molecule has 8 aromatic rings. The lowest BCUT2D eigenvalue weighted by molar-refractivity contribution is 0.481. The molecule has 272 valence electrons. The highest BCUT2D eigenvalue weighted by Crippen LogP contribution is 2.30. The number of aromatic nitrogens is 8. The number of nitrogens with one attached hydrogen (secondary N) is 4. The van der Waals surface area contributed by atoms with Gasteiger partial charge in [-0.25, -0.2) is 4.39 Å². The van der Waals surface area contributed by atoms with Crippen LogP contribution in [0.15, 0.2) is 122 Å². The van der Waals surface area contributed by atoms with E-state index in [9.17, 15) is 4.39 Å². The maximum atomic E-state index is 13.9. The minimum atomic E-state index is -0.245. The van der Waals surface area contributed by atoms with Gasteiger partial charge in [0.05, 0.1) is 0 Å². The third-order valence-electron chi connectivity index (χ3n) is 9.17. The molecule has 4 heterocycles. The Morgan fingerprint density at radius 1 is 0.582 bits per heavy atom. The predicted octanol–water partition coefficient (Wildman–Crippen LogP) is 9.77. The standard InChI is InChI=1S/C42H35FN10O2/c1-25-26(2)38(16-15-36(25)43)47-42-49-40(51-53-42)29-9-13-33(14-10-29)55-35-19-22-45-31(24-35)23-30-5-4-6-37(27(30)3)46-41-48-39(50-52-41)28-7-11-32(12-8-28)54-34-17-20-44-21-18-34/h4-22,24H,23H2,1-3H3,(H2,46,48,50,52)(H2,47,49,51,53). The Morgan fingerprint density at radius 3 is 1.78 bits per heavy atom. The minimum absolute atomic E-state index is 0.245. The van der Waals surface area contributed by atoms with Crippen molar-refractivity contribution in [3.8, 4) is 45.8 Å². The zero-order valence-electron chi connectivity index (χ0n) is 30.1. The summed E-state index contributed by atoms with van der Waals surface area (Å²) in [6, 6.07) is 31.8. The van der Waals surface area contributed by atoms with Crippen molar-refractivity contribution in [1.82, 2.24) is 40.3 Å². The van der Waals surface area contributed by atoms with Crippen molar-refractivity contribution in [3.05, 3.63) is 155 Å². The average molecular weight is 731 g/mol. The van der Waals surface area contributed by atoms with Crippen molar-refractivity contribution in [2.75, 3.05) is 10.6 Å². The monoisotopic (exact) mass is 730 g/mol. The molecule has 8 rings (SSSR count). The summed E-state index contributed by atoms with van der Waals surface area (Å²) in [5.74, 6) is 4.60. The predicted molar refractivity (Wildman–Crippen MR) is 209 cm³/mol. The fourth-order valence-corrected chi connectivity index (χ4v) is 5.92. The Morgan fingerprint density at radius 2 is 1.15 bits per heavy atom. The van der Waals surface area contributed by atoms with Gasteiger partial charge in [-0.2, -0.15) is 9.97 Å². The van der Waals surface area contributed by atoms with E-state index in [1.807, 2.05) is 79.7 Å². The minimum Gasteiger partial charge on any atom is -0.457 e. The maximum Gasteiger partial charge on any atom is 0.246 e. The van der Waals surface area contributed by atoms with Gasteiger partial charge in [0.15, 0.2) is 11.6 Å². The summed E-state index contributed by atoms with van der Waals surface area (Å²) >= 11 is 0. The zero-order chi connectivity index (χ0) is 37.7. The van der Waals surface area contributed by atoms with Crippen molar-refractivity contribution in [3.63, 3.8) is 0 Å². The number of benzene rings is 4. The van der Waals surface area contributed by atoms with Crippen LogP contribution in [-0.4, -0.2) is 40.3 Å². The first-order valence-electron chi connectivity index (χ1n) is 17.5. The molecule has 0 aliphatic heterocycles. The number of aromatic amines is 2. The first kappa shape index (κ1) is 34.7. The molecule has 12 nitrogen and oxygen atoms in total. The van der Waals surface area contributed by atoms with E-state index in [0.29, 0.717) is 52.8 Å². The Kier molecular flexibility index (Phi) is 9.63. The Bertz CT molecular complexity index is 2570. The Labute approximate surface area is 315 Å². The van der Waals surface area contributed by atoms with Gasteiger partial charge in [0, 0.05) is 59.3 Å². The lowest BCUT2D eigenvalue weighted by Crippen LogP contribution is -2.00. The topological polar surface area (TPSA) is 151 Å². The second-order valence-corrected chi connectivity index (χ2v) is 12.8. The van der Waals surface area contributed by atoms with Crippen LogP contribution in [0.2, 0.25) is 0 Å². The van der Waals surface area contributed by atoms with Crippen LogP contribution in [0.3, 0.4) is 0 Å². The second kappa shape index (κ2) is 15.3. The highest BCUT2D eigenvalue weighted by molar-refractivity contribution is 5.65. The molecule has 0 radical (unpaired) electrons. The molecule has 4 aromatic carbocycles. The fourth-order valence-electron chi connectivity index (χ4n) is 5.92. The van der Waals surface area contributed by atoms with Gasteiger partial charge in [0.2, 0.25) is 11.9 Å². The molecule has 0 amide bonds. The van der Waals surface area contributed by atoms with E-state index >= 15 is 0 Å². The molecule has 4 aromatic heterocycles. The Hall–Kier alpha value is -7.41. The molecule has 0 spiro atoms. The molecule has 0 fully saturated rings. The quantitative estimate of drug-likeness (QED) is 0.0956. The van der Waals surface area contributed by atoms with Crippen LogP contribution in [0.25, 0.3) is 22.8 Å². The van der Waals surface area contributed by atoms with E-state index in [1.54, 1.807) is 43.7 Å². The number of hydrogen-bond donors (Lipinski definition) is 4. The number of anilines is 4. The van der Waals surface area contributed by atoms with Gasteiger partial charge in [-0.1, -0.05) is 12.1 Å². The van der Waals surface area contributed by atoms with Crippen molar-refractivity contribution >= 4 is 23.3 Å². The van der Waals surface area contributed by atoms with E-state index < -0.39 is 0 Å². The van der Waals surface area contributed by atoms with E-state index in [2.05, 4.69) is 64.0 Å². The number of halogens is 1. The Balaban J connectivity index is 0.887. The van der Waals surface area contributed by atoms with Crippen LogP contribution in [0.5, 0.6) is 23.0 Å². The summed E-state index contributed by atoms with van der Waals surface area (Å²) in [4.78, 5) is 17.9. The summed E-state index contributed by atoms with van der Waals surface area (Å²) in [7, 11) is 0. The number of nitrogens with zero attached hydrogens (tertiary/aromatic N) is 6. The van der Waals surface area contributed by atoms with Crippen molar-refractivity contribution in [2.45, 2.75) is 27.2 Å². The first-order valence-corrected chi connectivity index (χ1v) is 17.5. The normalized spacial score (nSPS) is 11.0. The van der Waals surface area contributed by atoms with Gasteiger partial charge in [0.1, 0.15) is 28.8 Å². The van der Waals surface area contributed by atoms with Crippen molar-refractivity contribution in [2.24, 2.45) is 0 Å². The molecule has 0 unspecified atom stereocenters. The SMILES string of the molecule is Cc1c(Cc2cc(Oc3ccc(-c4nc(Nc5ccc(F)c(C)c5C)n[nH]4)cc3)ccn2)cccc1Nc1n[nH]c(-c2ccc(Oc3ccncc3)cc2)n1. The summed E-state index contributed by atoms with van der Waals surface area (Å²) < 4.78 is 26.0. The lowest BCUT2D eigenvalue weighted by Gasteiger charge is -2.12. The largest absolute Gasteiger partial charge is 0.457 e. The second-order valence-electron chi connectivity index (χ2n) is 12.8. The van der Waals surface area contributed by atoms with Crippen LogP contribution < -0.4 is 20.1 Å². The van der Waals surface area contributed by atoms with E-state index in [4.69, 9.17) is 9.47 Å². The fraction of sp³-hybridized carbons (Fsp3) is 0.0952. The van der Waals surface area contributed by atoms with E-state index in [0.717, 1.165) is 50.6 Å². The number of H-pyrrole nitrogens is 2. The molecule has 13 heteroatoms. The van der Waals surface area contributed by atoms with Gasteiger partial charge in [-0.3, -0.25) is 20.2 Å². The molecular weight excluding hydrogens is 696 g/mol. The van der Waals surface area contributed by atoms with E-state index in [1.165, 1.54) is 6.07 Å². The van der Waals surface area contributed by atoms with Crippen LogP contribution in [0.1, 0.15) is 27.9 Å². The van der Waals surface area contributed by atoms with Gasteiger partial charge in [0.25, 0.3) is 0 Å². The van der Waals surface area contributed by atoms with Gasteiger partial charge >= 0.3 is 0 Å². The van der Waals surface area contributed by atoms with E-state index in [-0.39, 0.29) is 5.82 Å². The highest BCUT2D eigenvalue weighted by Gasteiger charge is 2.13. The van der Waals surface area contributed by atoms with Crippen molar-refractivity contribution in [1.29, 1.82) is 0 Å². The molecule has 55 heavy (non-hydrogen) atoms. The van der Waals surface area contributed by atoms with Crippen LogP contribution in [0.4, 0.5) is 27.7 Å². The van der Waals surface area contributed by atoms with Crippen LogP contribution in [-0.2, 0) is 6.42 Å². The summed E-state index contributed by atoms with van der Waals surface area (Å²) in [5, 5.41) is 21.2. The number of pyridine rings is 2. The van der Waals surface area contributed by atoms with Crippen molar-refractivity contribution < 1.29 is 13.9 Å². The summed E-state index contributed by atoms with van der Waals surface area (Å²) in [5.41, 5.74) is 7.77. The molecule has 0 aliphatic carbocycles. The number of ether oxygens (including phenoxy) is 2. The molecule has 0 atom stereocenters. The molecular formula is C42H35FN10O2. The summed E-state index contributed by atoms with van der Waals surface area (Å²) in [6.07, 6.45) is 5.72. The smallest absolute Gasteiger partial charge is 0.246 e. The third kappa shape index (κ3) is 8.00. The third-order valence-corrected chi connectivity index (χ3v) is 9.17. The highest BCUT2D eigenvalue weighted by atomic mass is 19.1. The molecule has 0 aliphatic rings. The van der Waals surface area contributed by atoms with Gasteiger partial charge in [-0.15, -0.1) is 10.2 Å². The number of hydrogen-bond acceptors (Lipinski definition) is 10. The number of rotatable bonds is 12. The molecule has 0 saturated carbocycles. The maximum absolute atomic E-state index is 13.9.